The topological polar surface area (TPSA) is 98.7 Å². The van der Waals surface area contributed by atoms with Gasteiger partial charge in [0, 0.05) is 31.0 Å². The van der Waals surface area contributed by atoms with Gasteiger partial charge in [-0.1, -0.05) is 20.3 Å². The molecule has 3 amide bonds. The molecule has 2 bridgehead atoms. The highest BCUT2D eigenvalue weighted by molar-refractivity contribution is 8.02. The molecule has 3 aliphatic heterocycles. The first-order valence-corrected chi connectivity index (χ1v) is 12.0. The van der Waals surface area contributed by atoms with Crippen molar-refractivity contribution in [2.75, 3.05) is 19.7 Å². The Balaban J connectivity index is 1.89. The summed E-state index contributed by atoms with van der Waals surface area (Å²) >= 11 is 1.69. The van der Waals surface area contributed by atoms with Crippen molar-refractivity contribution in [2.24, 2.45) is 11.8 Å². The monoisotopic (exact) mass is 425 g/mol. The number of nitrogens with one attached hydrogen (secondary N) is 2. The quantitative estimate of drug-likeness (QED) is 0.490. The van der Waals surface area contributed by atoms with Crippen molar-refractivity contribution >= 4 is 29.5 Å². The second kappa shape index (κ2) is 9.25. The fourth-order valence-electron chi connectivity index (χ4n) is 5.43. The molecular formula is C21H35N3O4S. The summed E-state index contributed by atoms with van der Waals surface area (Å²) in [6.45, 7) is 7.00. The van der Waals surface area contributed by atoms with Crippen molar-refractivity contribution in [3.8, 4) is 0 Å². The SMILES string of the molecule is CCCNC(=O)[C@@H]1[C@H]2C(=O)N(CCCO)C(C(=O)NC(C)CCC)C23CC[C@H]1S3. The summed E-state index contributed by atoms with van der Waals surface area (Å²) in [5.41, 5.74) is 0. The highest BCUT2D eigenvalue weighted by Crippen LogP contribution is 2.66. The van der Waals surface area contributed by atoms with Crippen LogP contribution >= 0.6 is 11.8 Å². The Morgan fingerprint density at radius 1 is 1.31 bits per heavy atom. The number of aliphatic hydroxyl groups is 1. The third kappa shape index (κ3) is 3.90. The molecule has 164 valence electrons. The molecule has 0 aromatic heterocycles. The van der Waals surface area contributed by atoms with Gasteiger partial charge >= 0.3 is 0 Å². The lowest BCUT2D eigenvalue weighted by atomic mass is 9.70. The van der Waals surface area contributed by atoms with Gasteiger partial charge in [0.2, 0.25) is 17.7 Å². The van der Waals surface area contributed by atoms with E-state index >= 15 is 0 Å². The molecule has 0 aliphatic carbocycles. The van der Waals surface area contributed by atoms with Crippen LogP contribution in [0.15, 0.2) is 0 Å². The van der Waals surface area contributed by atoms with Gasteiger partial charge in [-0.15, -0.1) is 11.8 Å². The van der Waals surface area contributed by atoms with E-state index in [4.69, 9.17) is 0 Å². The van der Waals surface area contributed by atoms with Crippen molar-refractivity contribution in [1.29, 1.82) is 0 Å². The van der Waals surface area contributed by atoms with Gasteiger partial charge in [0.05, 0.1) is 16.6 Å². The molecule has 8 heteroatoms. The second-order valence-corrected chi connectivity index (χ2v) is 10.3. The van der Waals surface area contributed by atoms with E-state index in [1.165, 1.54) is 0 Å². The zero-order chi connectivity index (χ0) is 21.2. The standard InChI is InChI=1S/C21H35N3O4S/c1-4-7-13(3)23-19(27)17-21-9-8-14(29-21)15(18(26)22-10-5-2)16(21)20(28)24(17)11-6-12-25/h13-17,25H,4-12H2,1-3H3,(H,22,26)(H,23,27)/t13?,14-,15+,16+,17?,21?/m1/s1. The molecule has 3 rings (SSSR count). The summed E-state index contributed by atoms with van der Waals surface area (Å²) in [5, 5.41) is 15.5. The number of thioether (sulfide) groups is 1. The van der Waals surface area contributed by atoms with Crippen LogP contribution in [0.25, 0.3) is 0 Å². The van der Waals surface area contributed by atoms with E-state index in [0.29, 0.717) is 19.5 Å². The average Bonchev–Trinajstić information content (AvgIpc) is 3.32. The van der Waals surface area contributed by atoms with Crippen molar-refractivity contribution in [2.45, 2.75) is 81.4 Å². The highest BCUT2D eigenvalue weighted by atomic mass is 32.2. The molecule has 3 fully saturated rings. The minimum Gasteiger partial charge on any atom is -0.396 e. The van der Waals surface area contributed by atoms with Gasteiger partial charge < -0.3 is 20.6 Å². The molecule has 3 aliphatic rings. The van der Waals surface area contributed by atoms with Crippen LogP contribution in [0.2, 0.25) is 0 Å². The van der Waals surface area contributed by atoms with E-state index in [0.717, 1.165) is 32.1 Å². The summed E-state index contributed by atoms with van der Waals surface area (Å²) in [6, 6.07) is -0.519. The summed E-state index contributed by atoms with van der Waals surface area (Å²) in [4.78, 5) is 41.4. The van der Waals surface area contributed by atoms with Crippen LogP contribution in [-0.4, -0.2) is 69.5 Å². The van der Waals surface area contributed by atoms with Gasteiger partial charge in [0.25, 0.3) is 0 Å². The number of hydrogen-bond donors (Lipinski definition) is 3. The first-order chi connectivity index (χ1) is 13.9. The van der Waals surface area contributed by atoms with Crippen LogP contribution in [0.5, 0.6) is 0 Å². The van der Waals surface area contributed by atoms with Crippen LogP contribution < -0.4 is 10.6 Å². The van der Waals surface area contributed by atoms with Crippen molar-refractivity contribution in [3.05, 3.63) is 0 Å². The number of rotatable bonds is 10. The van der Waals surface area contributed by atoms with Crippen LogP contribution in [0.4, 0.5) is 0 Å². The number of likely N-dealkylation sites (tertiary alicyclic amines) is 1. The Kier molecular flexibility index (Phi) is 7.14. The van der Waals surface area contributed by atoms with E-state index in [2.05, 4.69) is 17.6 Å². The lowest BCUT2D eigenvalue weighted by Crippen LogP contribution is -2.55. The first kappa shape index (κ1) is 22.4. The minimum absolute atomic E-state index is 0.0296. The van der Waals surface area contributed by atoms with Crippen LogP contribution in [0, 0.1) is 11.8 Å². The number of carbonyl (C=O) groups is 3. The Morgan fingerprint density at radius 2 is 2.07 bits per heavy atom. The Labute approximate surface area is 177 Å². The number of amides is 3. The van der Waals surface area contributed by atoms with E-state index in [9.17, 15) is 19.5 Å². The third-order valence-electron chi connectivity index (χ3n) is 6.57. The van der Waals surface area contributed by atoms with Crippen molar-refractivity contribution < 1.29 is 19.5 Å². The van der Waals surface area contributed by atoms with E-state index in [-0.39, 0.29) is 41.5 Å². The van der Waals surface area contributed by atoms with Gasteiger partial charge in [-0.3, -0.25) is 14.4 Å². The molecular weight excluding hydrogens is 390 g/mol. The molecule has 3 saturated heterocycles. The molecule has 0 radical (unpaired) electrons. The summed E-state index contributed by atoms with van der Waals surface area (Å²) in [6.07, 6.45) is 4.79. The van der Waals surface area contributed by atoms with Gasteiger partial charge in [-0.25, -0.2) is 0 Å². The number of nitrogens with zero attached hydrogens (tertiary/aromatic N) is 1. The number of fused-ring (bicyclic) bond motifs is 1. The van der Waals surface area contributed by atoms with Crippen LogP contribution in [0.1, 0.15) is 59.3 Å². The lowest BCUT2D eigenvalue weighted by molar-refractivity contribution is -0.140. The van der Waals surface area contributed by atoms with Crippen LogP contribution in [0.3, 0.4) is 0 Å². The molecule has 0 aromatic carbocycles. The van der Waals surface area contributed by atoms with Gasteiger partial charge in [-0.2, -0.15) is 0 Å². The van der Waals surface area contributed by atoms with Crippen molar-refractivity contribution in [3.63, 3.8) is 0 Å². The number of hydrogen-bond acceptors (Lipinski definition) is 5. The predicted molar refractivity (Wildman–Crippen MR) is 113 cm³/mol. The Hall–Kier alpha value is -1.28. The maximum Gasteiger partial charge on any atom is 0.244 e. The molecule has 0 saturated carbocycles. The van der Waals surface area contributed by atoms with E-state index in [1.807, 2.05) is 13.8 Å². The summed E-state index contributed by atoms with van der Waals surface area (Å²) < 4.78 is -0.526. The maximum absolute atomic E-state index is 13.5. The average molecular weight is 426 g/mol. The smallest absolute Gasteiger partial charge is 0.244 e. The maximum atomic E-state index is 13.5. The van der Waals surface area contributed by atoms with Gasteiger partial charge in [0.1, 0.15) is 6.04 Å². The molecule has 1 spiro atoms. The number of carbonyl (C=O) groups excluding carboxylic acids is 3. The summed E-state index contributed by atoms with van der Waals surface area (Å²) in [5.74, 6) is -1.06. The largest absolute Gasteiger partial charge is 0.396 e. The Bertz CT molecular complexity index is 645. The molecule has 3 unspecified atom stereocenters. The molecule has 29 heavy (non-hydrogen) atoms. The lowest BCUT2D eigenvalue weighted by Gasteiger charge is -2.34. The minimum atomic E-state index is -0.565. The molecule has 3 N–H and O–H groups in total. The molecule has 7 nitrogen and oxygen atoms in total. The van der Waals surface area contributed by atoms with Gasteiger partial charge in [0.15, 0.2) is 0 Å². The van der Waals surface area contributed by atoms with E-state index < -0.39 is 16.7 Å². The highest BCUT2D eigenvalue weighted by Gasteiger charge is 2.73. The van der Waals surface area contributed by atoms with Crippen LogP contribution in [-0.2, 0) is 14.4 Å². The molecule has 0 aromatic rings. The normalized spacial score (nSPS) is 33.7. The van der Waals surface area contributed by atoms with Gasteiger partial charge in [-0.05, 0) is 39.0 Å². The predicted octanol–water partition coefficient (Wildman–Crippen LogP) is 1.29. The summed E-state index contributed by atoms with van der Waals surface area (Å²) in [7, 11) is 0. The zero-order valence-corrected chi connectivity index (χ0v) is 18.6. The third-order valence-corrected chi connectivity index (χ3v) is 8.52. The second-order valence-electron chi connectivity index (χ2n) is 8.65. The fourth-order valence-corrected chi connectivity index (χ4v) is 7.65. The molecule has 6 atom stereocenters. The fraction of sp³-hybridized carbons (Fsp3) is 0.857. The Morgan fingerprint density at radius 3 is 2.72 bits per heavy atom. The molecule has 3 heterocycles. The number of aliphatic hydroxyl groups excluding tert-OH is 1. The first-order valence-electron chi connectivity index (χ1n) is 11.1. The zero-order valence-electron chi connectivity index (χ0n) is 17.8. The van der Waals surface area contributed by atoms with E-state index in [1.54, 1.807) is 16.7 Å². The van der Waals surface area contributed by atoms with Crippen molar-refractivity contribution in [1.82, 2.24) is 15.5 Å².